The molecule has 96 valence electrons. The van der Waals surface area contributed by atoms with E-state index < -0.39 is 5.97 Å². The Morgan fingerprint density at radius 2 is 2.00 bits per heavy atom. The van der Waals surface area contributed by atoms with Crippen LogP contribution < -0.4 is 0 Å². The number of aromatic carboxylic acids is 1. The van der Waals surface area contributed by atoms with Gasteiger partial charge in [-0.15, -0.1) is 0 Å². The Bertz CT molecular complexity index is 482. The van der Waals surface area contributed by atoms with E-state index in [1.54, 1.807) is 6.07 Å². The number of allylic oxidation sites excluding steroid dienone is 4. The summed E-state index contributed by atoms with van der Waals surface area (Å²) in [6, 6.07) is 5.56. The lowest BCUT2D eigenvalue weighted by Crippen LogP contribution is -2.02. The molecule has 1 aromatic rings. The van der Waals surface area contributed by atoms with Gasteiger partial charge in [0.2, 0.25) is 0 Å². The maximum Gasteiger partial charge on any atom is 0.336 e. The van der Waals surface area contributed by atoms with Crippen LogP contribution in [0.1, 0.15) is 48.7 Å². The molecule has 0 amide bonds. The second kappa shape index (κ2) is 6.80. The summed E-state index contributed by atoms with van der Waals surface area (Å²) in [5, 5.41) is 9.26. The minimum Gasteiger partial charge on any atom is -0.478 e. The molecule has 1 rings (SSSR count). The van der Waals surface area contributed by atoms with Gasteiger partial charge >= 0.3 is 5.97 Å². The Morgan fingerprint density at radius 3 is 2.50 bits per heavy atom. The highest BCUT2D eigenvalue weighted by Crippen LogP contribution is 2.23. The van der Waals surface area contributed by atoms with E-state index in [1.165, 1.54) is 0 Å². The van der Waals surface area contributed by atoms with Crippen LogP contribution in [0.4, 0.5) is 0 Å². The van der Waals surface area contributed by atoms with Crippen molar-refractivity contribution in [2.24, 2.45) is 0 Å². The van der Waals surface area contributed by atoms with E-state index in [0.29, 0.717) is 5.56 Å². The van der Waals surface area contributed by atoms with E-state index >= 15 is 0 Å². The van der Waals surface area contributed by atoms with Crippen molar-refractivity contribution in [1.29, 1.82) is 0 Å². The smallest absolute Gasteiger partial charge is 0.336 e. The molecule has 0 heterocycles. The number of carbonyl (C=O) groups is 1. The van der Waals surface area contributed by atoms with Crippen molar-refractivity contribution in [3.8, 4) is 0 Å². The zero-order valence-corrected chi connectivity index (χ0v) is 11.2. The van der Waals surface area contributed by atoms with E-state index in [2.05, 4.69) is 13.0 Å². The summed E-state index contributed by atoms with van der Waals surface area (Å²) in [7, 11) is 0. The van der Waals surface area contributed by atoms with Crippen LogP contribution >= 0.6 is 0 Å². The fourth-order valence-corrected chi connectivity index (χ4v) is 1.90. The largest absolute Gasteiger partial charge is 0.478 e. The van der Waals surface area contributed by atoms with Gasteiger partial charge in [0.05, 0.1) is 5.56 Å². The predicted molar refractivity (Wildman–Crippen MR) is 75.9 cm³/mol. The van der Waals surface area contributed by atoms with Crippen molar-refractivity contribution in [2.75, 3.05) is 0 Å². The lowest BCUT2D eigenvalue weighted by Gasteiger charge is -2.09. The molecule has 0 aliphatic rings. The average molecular weight is 244 g/mol. The predicted octanol–water partition coefficient (Wildman–Crippen LogP) is 4.32. The van der Waals surface area contributed by atoms with Crippen LogP contribution in [0.2, 0.25) is 0 Å². The second-order valence-corrected chi connectivity index (χ2v) is 4.11. The van der Waals surface area contributed by atoms with E-state index in [-0.39, 0.29) is 0 Å². The van der Waals surface area contributed by atoms with Crippen LogP contribution in [0.3, 0.4) is 0 Å². The molecule has 0 fully saturated rings. The first kappa shape index (κ1) is 14.2. The quantitative estimate of drug-likeness (QED) is 0.783. The summed E-state index contributed by atoms with van der Waals surface area (Å²) in [5.41, 5.74) is 3.31. The Balaban J connectivity index is 3.41. The Kier molecular flexibility index (Phi) is 5.37. The normalized spacial score (nSPS) is 12.1. The molecule has 0 atom stereocenters. The van der Waals surface area contributed by atoms with Crippen molar-refractivity contribution in [3.63, 3.8) is 0 Å². The number of aryl methyl sites for hydroxylation is 1. The molecule has 2 nitrogen and oxygen atoms in total. The van der Waals surface area contributed by atoms with Crippen LogP contribution in [0.5, 0.6) is 0 Å². The molecule has 0 spiro atoms. The van der Waals surface area contributed by atoms with Crippen molar-refractivity contribution in [3.05, 3.63) is 53.1 Å². The van der Waals surface area contributed by atoms with Crippen LogP contribution in [0.25, 0.3) is 5.57 Å². The Hall–Kier alpha value is -1.83. The number of hydrogen-bond donors (Lipinski definition) is 1. The monoisotopic (exact) mass is 244 g/mol. The molecule has 1 aromatic carbocycles. The SMILES string of the molecule is C/C=C\C(=C/CC)c1cc(CC)ccc1C(=O)O. The summed E-state index contributed by atoms with van der Waals surface area (Å²) in [4.78, 5) is 11.3. The Labute approximate surface area is 109 Å². The molecule has 2 heteroatoms. The highest BCUT2D eigenvalue weighted by Gasteiger charge is 2.12. The molecule has 1 N–H and O–H groups in total. The molecule has 0 aliphatic heterocycles. The zero-order chi connectivity index (χ0) is 13.5. The van der Waals surface area contributed by atoms with Gasteiger partial charge in [-0.3, -0.25) is 0 Å². The second-order valence-electron chi connectivity index (χ2n) is 4.11. The lowest BCUT2D eigenvalue weighted by molar-refractivity contribution is 0.0696. The number of hydrogen-bond acceptors (Lipinski definition) is 1. The topological polar surface area (TPSA) is 37.3 Å². The first-order valence-electron chi connectivity index (χ1n) is 6.33. The van der Waals surface area contributed by atoms with Crippen LogP contribution in [0, 0.1) is 0 Å². The third-order valence-corrected chi connectivity index (χ3v) is 2.80. The average Bonchev–Trinajstić information content (AvgIpc) is 2.37. The summed E-state index contributed by atoms with van der Waals surface area (Å²) < 4.78 is 0. The molecular formula is C16H20O2. The van der Waals surface area contributed by atoms with Gasteiger partial charge in [0.25, 0.3) is 0 Å². The summed E-state index contributed by atoms with van der Waals surface area (Å²) >= 11 is 0. The van der Waals surface area contributed by atoms with Crippen LogP contribution in [-0.2, 0) is 6.42 Å². The van der Waals surface area contributed by atoms with Crippen LogP contribution in [0.15, 0.2) is 36.4 Å². The van der Waals surface area contributed by atoms with Crippen molar-refractivity contribution < 1.29 is 9.90 Å². The van der Waals surface area contributed by atoms with Gasteiger partial charge in [0, 0.05) is 0 Å². The molecule has 0 aliphatic carbocycles. The summed E-state index contributed by atoms with van der Waals surface area (Å²) in [6.45, 7) is 6.06. The van der Waals surface area contributed by atoms with E-state index in [4.69, 9.17) is 0 Å². The lowest BCUT2D eigenvalue weighted by atomic mass is 9.95. The molecule has 0 aromatic heterocycles. The zero-order valence-electron chi connectivity index (χ0n) is 11.2. The van der Waals surface area contributed by atoms with Gasteiger partial charge < -0.3 is 5.11 Å². The number of carboxylic acid groups (broad SMARTS) is 1. The maximum atomic E-state index is 11.3. The highest BCUT2D eigenvalue weighted by atomic mass is 16.4. The fourth-order valence-electron chi connectivity index (χ4n) is 1.90. The van der Waals surface area contributed by atoms with Crippen molar-refractivity contribution in [1.82, 2.24) is 0 Å². The first-order chi connectivity index (χ1) is 8.63. The molecule has 0 saturated heterocycles. The number of benzene rings is 1. The van der Waals surface area contributed by atoms with Gasteiger partial charge in [-0.05, 0) is 42.5 Å². The third-order valence-electron chi connectivity index (χ3n) is 2.80. The van der Waals surface area contributed by atoms with E-state index in [9.17, 15) is 9.90 Å². The molecule has 18 heavy (non-hydrogen) atoms. The maximum absolute atomic E-state index is 11.3. The van der Waals surface area contributed by atoms with Crippen molar-refractivity contribution >= 4 is 11.5 Å². The van der Waals surface area contributed by atoms with Gasteiger partial charge in [0.1, 0.15) is 0 Å². The van der Waals surface area contributed by atoms with Crippen LogP contribution in [-0.4, -0.2) is 11.1 Å². The van der Waals surface area contributed by atoms with E-state index in [0.717, 1.165) is 29.5 Å². The highest BCUT2D eigenvalue weighted by molar-refractivity contribution is 5.95. The molecule has 0 bridgehead atoms. The molecule has 0 saturated carbocycles. The minimum absolute atomic E-state index is 0.366. The summed E-state index contributed by atoms with van der Waals surface area (Å²) in [5.74, 6) is -0.876. The minimum atomic E-state index is -0.876. The summed E-state index contributed by atoms with van der Waals surface area (Å²) in [6.07, 6.45) is 7.74. The molecular weight excluding hydrogens is 224 g/mol. The Morgan fingerprint density at radius 1 is 1.28 bits per heavy atom. The number of carboxylic acids is 1. The number of rotatable bonds is 5. The standard InChI is InChI=1S/C16H20O2/c1-4-7-13(8-5-2)15-11-12(6-3)9-10-14(15)16(17)18/h4,7-11H,5-6H2,1-3H3,(H,17,18)/b7-4-,13-8+. The molecule has 0 radical (unpaired) electrons. The third kappa shape index (κ3) is 3.33. The fraction of sp³-hybridized carbons (Fsp3) is 0.312. The van der Waals surface area contributed by atoms with Crippen molar-refractivity contribution in [2.45, 2.75) is 33.6 Å². The van der Waals surface area contributed by atoms with Gasteiger partial charge in [-0.25, -0.2) is 4.79 Å². The van der Waals surface area contributed by atoms with Gasteiger partial charge in [-0.1, -0.05) is 44.2 Å². The molecule has 0 unspecified atom stereocenters. The van der Waals surface area contributed by atoms with Gasteiger partial charge in [0.15, 0.2) is 0 Å². The first-order valence-corrected chi connectivity index (χ1v) is 6.33. The van der Waals surface area contributed by atoms with Gasteiger partial charge in [-0.2, -0.15) is 0 Å². The van der Waals surface area contributed by atoms with E-state index in [1.807, 2.05) is 38.1 Å².